The predicted molar refractivity (Wildman–Crippen MR) is 42.1 cm³/mol. The molecule has 0 unspecified atom stereocenters. The Morgan fingerprint density at radius 3 is 2.70 bits per heavy atom. The van der Waals surface area contributed by atoms with Crippen LogP contribution in [-0.2, 0) is 4.84 Å². The molecule has 0 saturated heterocycles. The van der Waals surface area contributed by atoms with Gasteiger partial charge in [0.2, 0.25) is 0 Å². The predicted octanol–water partition coefficient (Wildman–Crippen LogP) is 2.34. The third-order valence-electron chi connectivity index (χ3n) is 1.59. The van der Waals surface area contributed by atoms with Crippen molar-refractivity contribution in [3.05, 3.63) is 0 Å². The highest BCUT2D eigenvalue weighted by molar-refractivity contribution is 5.85. The van der Waals surface area contributed by atoms with Crippen LogP contribution in [0, 0.1) is 0 Å². The molecule has 0 N–H and O–H groups in total. The topological polar surface area (TPSA) is 21.6 Å². The smallest absolute Gasteiger partial charge is 0.137 e. The lowest BCUT2D eigenvalue weighted by Crippen LogP contribution is -2.18. The van der Waals surface area contributed by atoms with E-state index in [1.807, 2.05) is 0 Å². The van der Waals surface area contributed by atoms with Crippen LogP contribution in [0.25, 0.3) is 0 Å². The van der Waals surface area contributed by atoms with Crippen molar-refractivity contribution in [1.29, 1.82) is 0 Å². The number of nitrogens with zero attached hydrogens (tertiary/aromatic N) is 1. The Bertz CT molecular complexity index is 149. The van der Waals surface area contributed by atoms with Crippen molar-refractivity contribution in [2.45, 2.75) is 45.6 Å². The summed E-state index contributed by atoms with van der Waals surface area (Å²) in [6, 6.07) is 0. The Kier molecular flexibility index (Phi) is 1.97. The van der Waals surface area contributed by atoms with Gasteiger partial charge in [0.25, 0.3) is 0 Å². The van der Waals surface area contributed by atoms with E-state index in [0.717, 1.165) is 19.3 Å². The van der Waals surface area contributed by atoms with Crippen LogP contribution in [0.5, 0.6) is 0 Å². The van der Waals surface area contributed by atoms with Crippen molar-refractivity contribution < 1.29 is 4.84 Å². The molecule has 0 radical (unpaired) electrons. The van der Waals surface area contributed by atoms with Gasteiger partial charge >= 0.3 is 0 Å². The minimum Gasteiger partial charge on any atom is -0.389 e. The second-order valence-corrected chi connectivity index (χ2v) is 3.44. The van der Waals surface area contributed by atoms with E-state index < -0.39 is 0 Å². The minimum atomic E-state index is -0.0372. The standard InChI is InChI=1S/C8H15NO/c1-4-5-7-6-8(2,3)10-9-7/h4-6H2,1-3H3. The van der Waals surface area contributed by atoms with Crippen LogP contribution in [0.3, 0.4) is 0 Å². The Balaban J connectivity index is 2.39. The molecule has 1 aliphatic rings. The van der Waals surface area contributed by atoms with Crippen LogP contribution in [0.15, 0.2) is 5.16 Å². The molecule has 10 heavy (non-hydrogen) atoms. The molecule has 0 bridgehead atoms. The van der Waals surface area contributed by atoms with Gasteiger partial charge in [0, 0.05) is 6.42 Å². The summed E-state index contributed by atoms with van der Waals surface area (Å²) in [6.07, 6.45) is 3.25. The number of rotatable bonds is 2. The first-order valence-corrected chi connectivity index (χ1v) is 3.88. The molecule has 58 valence electrons. The van der Waals surface area contributed by atoms with E-state index in [9.17, 15) is 0 Å². The van der Waals surface area contributed by atoms with Crippen molar-refractivity contribution in [3.63, 3.8) is 0 Å². The molecule has 0 aromatic carbocycles. The van der Waals surface area contributed by atoms with Gasteiger partial charge in [-0.1, -0.05) is 18.5 Å². The monoisotopic (exact) mass is 141 g/mol. The van der Waals surface area contributed by atoms with Gasteiger partial charge in [0.05, 0.1) is 5.71 Å². The molecule has 0 aromatic rings. The molecule has 0 spiro atoms. The molecule has 0 aromatic heterocycles. The van der Waals surface area contributed by atoms with Crippen molar-refractivity contribution in [2.75, 3.05) is 0 Å². The lowest BCUT2D eigenvalue weighted by atomic mass is 10.0. The zero-order chi connectivity index (χ0) is 7.61. The van der Waals surface area contributed by atoms with E-state index in [4.69, 9.17) is 4.84 Å². The molecule has 2 heteroatoms. The molecule has 0 aliphatic carbocycles. The maximum atomic E-state index is 5.19. The molecule has 0 saturated carbocycles. The Labute approximate surface area is 62.3 Å². The fourth-order valence-corrected chi connectivity index (χ4v) is 1.17. The molecule has 2 nitrogen and oxygen atoms in total. The van der Waals surface area contributed by atoms with Gasteiger partial charge in [-0.3, -0.25) is 0 Å². The maximum Gasteiger partial charge on any atom is 0.137 e. The van der Waals surface area contributed by atoms with Gasteiger partial charge in [0.1, 0.15) is 5.60 Å². The average Bonchev–Trinajstić information content (AvgIpc) is 2.12. The summed E-state index contributed by atoms with van der Waals surface area (Å²) in [4.78, 5) is 5.19. The highest BCUT2D eigenvalue weighted by Crippen LogP contribution is 2.23. The van der Waals surface area contributed by atoms with Gasteiger partial charge in [-0.15, -0.1) is 0 Å². The lowest BCUT2D eigenvalue weighted by Gasteiger charge is -2.13. The summed E-state index contributed by atoms with van der Waals surface area (Å²) in [7, 11) is 0. The highest BCUT2D eigenvalue weighted by atomic mass is 16.7. The Hall–Kier alpha value is -0.530. The van der Waals surface area contributed by atoms with Gasteiger partial charge < -0.3 is 4.84 Å². The molecular weight excluding hydrogens is 126 g/mol. The second kappa shape index (κ2) is 2.60. The van der Waals surface area contributed by atoms with E-state index in [-0.39, 0.29) is 5.60 Å². The fraction of sp³-hybridized carbons (Fsp3) is 0.875. The first kappa shape index (κ1) is 7.58. The van der Waals surface area contributed by atoms with E-state index in [0.29, 0.717) is 0 Å². The molecule has 1 rings (SSSR count). The van der Waals surface area contributed by atoms with E-state index in [1.165, 1.54) is 5.71 Å². The Morgan fingerprint density at radius 1 is 1.60 bits per heavy atom. The second-order valence-electron chi connectivity index (χ2n) is 3.44. The van der Waals surface area contributed by atoms with Crippen LogP contribution >= 0.6 is 0 Å². The van der Waals surface area contributed by atoms with Crippen molar-refractivity contribution >= 4 is 5.71 Å². The molecule has 1 aliphatic heterocycles. The third kappa shape index (κ3) is 1.72. The van der Waals surface area contributed by atoms with Gasteiger partial charge in [-0.05, 0) is 20.3 Å². The Morgan fingerprint density at radius 2 is 2.30 bits per heavy atom. The lowest BCUT2D eigenvalue weighted by molar-refractivity contribution is 0.0123. The summed E-state index contributed by atoms with van der Waals surface area (Å²) in [5.41, 5.74) is 1.18. The van der Waals surface area contributed by atoms with Crippen molar-refractivity contribution in [3.8, 4) is 0 Å². The quantitative estimate of drug-likeness (QED) is 0.578. The van der Waals surface area contributed by atoms with Crippen LogP contribution in [0.1, 0.15) is 40.0 Å². The van der Waals surface area contributed by atoms with Crippen LogP contribution < -0.4 is 0 Å². The SMILES string of the molecule is CCCC1=NOC(C)(C)C1. The molecule has 1 heterocycles. The van der Waals surface area contributed by atoms with Gasteiger partial charge in [-0.25, -0.2) is 0 Å². The molecule has 0 atom stereocenters. The number of oxime groups is 1. The summed E-state index contributed by atoms with van der Waals surface area (Å²) in [5, 5.41) is 3.99. The zero-order valence-electron chi connectivity index (χ0n) is 6.98. The third-order valence-corrected chi connectivity index (χ3v) is 1.59. The van der Waals surface area contributed by atoms with E-state index in [2.05, 4.69) is 25.9 Å². The zero-order valence-corrected chi connectivity index (χ0v) is 6.98. The van der Waals surface area contributed by atoms with Crippen LogP contribution in [0.2, 0.25) is 0 Å². The molecular formula is C8H15NO. The average molecular weight is 141 g/mol. The van der Waals surface area contributed by atoms with E-state index in [1.54, 1.807) is 0 Å². The van der Waals surface area contributed by atoms with Gasteiger partial charge in [-0.2, -0.15) is 0 Å². The first-order chi connectivity index (χ1) is 4.64. The number of hydrogen-bond acceptors (Lipinski definition) is 2. The largest absolute Gasteiger partial charge is 0.389 e. The maximum absolute atomic E-state index is 5.19. The number of hydrogen-bond donors (Lipinski definition) is 0. The fourth-order valence-electron chi connectivity index (χ4n) is 1.17. The molecule has 0 amide bonds. The first-order valence-electron chi connectivity index (χ1n) is 3.88. The molecule has 0 fully saturated rings. The van der Waals surface area contributed by atoms with Crippen LogP contribution in [0.4, 0.5) is 0 Å². The van der Waals surface area contributed by atoms with E-state index >= 15 is 0 Å². The van der Waals surface area contributed by atoms with Gasteiger partial charge in [0.15, 0.2) is 0 Å². The van der Waals surface area contributed by atoms with Crippen LogP contribution in [-0.4, -0.2) is 11.3 Å². The summed E-state index contributed by atoms with van der Waals surface area (Å²) < 4.78 is 0. The van der Waals surface area contributed by atoms with Crippen molar-refractivity contribution in [1.82, 2.24) is 0 Å². The van der Waals surface area contributed by atoms with Crippen molar-refractivity contribution in [2.24, 2.45) is 5.16 Å². The normalized spacial score (nSPS) is 22.1. The summed E-state index contributed by atoms with van der Waals surface area (Å²) in [5.74, 6) is 0. The summed E-state index contributed by atoms with van der Waals surface area (Å²) in [6.45, 7) is 6.30. The summed E-state index contributed by atoms with van der Waals surface area (Å²) >= 11 is 0. The highest BCUT2D eigenvalue weighted by Gasteiger charge is 2.27. The minimum absolute atomic E-state index is 0.0372.